The third-order valence-electron chi connectivity index (χ3n) is 15.9. The summed E-state index contributed by atoms with van der Waals surface area (Å²) in [5, 5.41) is 5.06. The second-order valence-corrected chi connectivity index (χ2v) is 21.3. The molecule has 0 saturated carbocycles. The topological polar surface area (TPSA) is 13.1 Å². The highest BCUT2D eigenvalue weighted by molar-refractivity contribution is 8.00. The monoisotopic (exact) mass is 975 g/mol. The summed E-state index contributed by atoms with van der Waals surface area (Å²) < 4.78 is 4.95. The van der Waals surface area contributed by atoms with Crippen molar-refractivity contribution in [2.75, 3.05) is 4.90 Å². The van der Waals surface area contributed by atoms with Gasteiger partial charge in [-0.15, -0.1) is 0 Å². The lowest BCUT2D eigenvalue weighted by Gasteiger charge is -2.42. The van der Waals surface area contributed by atoms with Crippen LogP contribution in [0.3, 0.4) is 0 Å². The van der Waals surface area contributed by atoms with E-state index in [9.17, 15) is 0 Å². The molecular formula is C70H50BN3S. The molecule has 2 aliphatic heterocycles. The van der Waals surface area contributed by atoms with Crippen LogP contribution in [0.2, 0.25) is 0 Å². The van der Waals surface area contributed by atoms with E-state index in [1.54, 1.807) is 0 Å². The molecule has 15 rings (SSSR count). The number of benzene rings is 11. The zero-order valence-corrected chi connectivity index (χ0v) is 42.4. The third-order valence-corrected chi connectivity index (χ3v) is 17.0. The standard InChI is InChI=1S/C70H50BN3S/c1-2-3-21-46-40-66-69-68(41-46)75-67-45-52(73-63-34-19-15-30-55(63)56-31-16-20-35-64(56)73)37-39-60(67)71(69)59-38-36-51(72-61-32-17-13-28-53(61)54-29-14-18-33-62(54)72)44-65(59)74(66)70-57(48-24-9-5-10-25-48)42-50(47-22-7-4-8-23-47)43-58(70)49-26-11-6-12-27-49/h4-20,22-45H,2-3,21H2,1H3. The zero-order chi connectivity index (χ0) is 49.6. The Morgan fingerprint density at radius 3 is 1.37 bits per heavy atom. The van der Waals surface area contributed by atoms with E-state index >= 15 is 0 Å². The lowest BCUT2D eigenvalue weighted by molar-refractivity contribution is 0.794. The highest BCUT2D eigenvalue weighted by Crippen LogP contribution is 2.51. The van der Waals surface area contributed by atoms with Crippen molar-refractivity contribution in [3.63, 3.8) is 0 Å². The molecule has 3 nitrogen and oxygen atoms in total. The molecule has 5 heteroatoms. The van der Waals surface area contributed by atoms with Gasteiger partial charge in [0.2, 0.25) is 6.71 Å². The molecule has 0 unspecified atom stereocenters. The zero-order valence-electron chi connectivity index (χ0n) is 41.6. The minimum Gasteiger partial charge on any atom is -0.310 e. The van der Waals surface area contributed by atoms with Gasteiger partial charge in [0.15, 0.2) is 0 Å². The smallest absolute Gasteiger partial charge is 0.249 e. The number of hydrogen-bond donors (Lipinski definition) is 0. The largest absolute Gasteiger partial charge is 0.310 e. The summed E-state index contributed by atoms with van der Waals surface area (Å²) in [5.74, 6) is 0. The molecule has 2 aliphatic rings. The van der Waals surface area contributed by atoms with Gasteiger partial charge in [-0.1, -0.05) is 206 Å². The molecule has 0 radical (unpaired) electrons. The molecule has 0 saturated heterocycles. The summed E-state index contributed by atoms with van der Waals surface area (Å²) in [4.78, 5) is 5.33. The number of rotatable bonds is 9. The van der Waals surface area contributed by atoms with Crippen LogP contribution >= 0.6 is 11.8 Å². The van der Waals surface area contributed by atoms with Gasteiger partial charge in [0.05, 0.1) is 27.8 Å². The van der Waals surface area contributed by atoms with E-state index in [4.69, 9.17) is 0 Å². The van der Waals surface area contributed by atoms with Crippen molar-refractivity contribution in [2.24, 2.45) is 0 Å². The number of hydrogen-bond acceptors (Lipinski definition) is 2. The fraction of sp³-hybridized carbons (Fsp3) is 0.0571. The predicted molar refractivity (Wildman–Crippen MR) is 320 cm³/mol. The summed E-state index contributed by atoms with van der Waals surface area (Å²) in [6, 6.07) is 93.2. The van der Waals surface area contributed by atoms with Crippen LogP contribution in [-0.4, -0.2) is 15.8 Å². The molecule has 354 valence electrons. The number of fused-ring (bicyclic) bond motifs is 10. The molecule has 11 aromatic carbocycles. The summed E-state index contributed by atoms with van der Waals surface area (Å²) >= 11 is 1.95. The molecule has 2 aromatic heterocycles. The van der Waals surface area contributed by atoms with Gasteiger partial charge < -0.3 is 14.0 Å². The number of aryl methyl sites for hydroxylation is 1. The summed E-state index contributed by atoms with van der Waals surface area (Å²) in [5.41, 5.74) is 23.3. The Hall–Kier alpha value is -8.77. The lowest BCUT2D eigenvalue weighted by Crippen LogP contribution is -2.60. The second-order valence-electron chi connectivity index (χ2n) is 20.2. The molecule has 0 fully saturated rings. The molecule has 75 heavy (non-hydrogen) atoms. The Kier molecular flexibility index (Phi) is 10.3. The fourth-order valence-electron chi connectivity index (χ4n) is 12.6. The minimum atomic E-state index is -0.0129. The van der Waals surface area contributed by atoms with E-state index in [0.29, 0.717) is 0 Å². The van der Waals surface area contributed by atoms with E-state index in [0.717, 1.165) is 24.9 Å². The van der Waals surface area contributed by atoms with Crippen LogP contribution in [0.1, 0.15) is 25.3 Å². The Bertz CT molecular complexity index is 4220. The van der Waals surface area contributed by atoms with Gasteiger partial charge in [-0.3, -0.25) is 0 Å². The van der Waals surface area contributed by atoms with E-state index in [-0.39, 0.29) is 6.71 Å². The number of anilines is 3. The van der Waals surface area contributed by atoms with Crippen LogP contribution in [0.5, 0.6) is 0 Å². The van der Waals surface area contributed by atoms with E-state index in [2.05, 4.69) is 270 Å². The number of nitrogens with zero attached hydrogens (tertiary/aromatic N) is 3. The van der Waals surface area contributed by atoms with Crippen molar-refractivity contribution in [3.8, 4) is 44.8 Å². The van der Waals surface area contributed by atoms with Crippen molar-refractivity contribution in [3.05, 3.63) is 254 Å². The Morgan fingerprint density at radius 2 is 0.853 bits per heavy atom. The number of unbranched alkanes of at least 4 members (excludes halogenated alkanes) is 1. The first-order valence-electron chi connectivity index (χ1n) is 26.4. The first-order valence-corrected chi connectivity index (χ1v) is 27.2. The van der Waals surface area contributed by atoms with Crippen molar-refractivity contribution in [2.45, 2.75) is 36.0 Å². The molecular weight excluding hydrogens is 926 g/mol. The molecule has 0 bridgehead atoms. The van der Waals surface area contributed by atoms with Crippen LogP contribution in [0.4, 0.5) is 17.1 Å². The second kappa shape index (κ2) is 17.7. The average Bonchev–Trinajstić information content (AvgIpc) is 4.06. The normalized spacial score (nSPS) is 12.7. The summed E-state index contributed by atoms with van der Waals surface area (Å²) in [6.45, 7) is 2.30. The maximum Gasteiger partial charge on any atom is 0.249 e. The molecule has 0 amide bonds. The van der Waals surface area contributed by atoms with Crippen molar-refractivity contribution >= 4 is 95.5 Å². The molecule has 0 atom stereocenters. The van der Waals surface area contributed by atoms with E-state index in [1.807, 2.05) is 11.8 Å². The quantitative estimate of drug-likeness (QED) is 0.134. The molecule has 0 N–H and O–H groups in total. The first kappa shape index (κ1) is 43.8. The molecule has 0 spiro atoms. The predicted octanol–water partition coefficient (Wildman–Crippen LogP) is 17.0. The number of para-hydroxylation sites is 4. The highest BCUT2D eigenvalue weighted by Gasteiger charge is 2.43. The van der Waals surface area contributed by atoms with Gasteiger partial charge in [-0.2, -0.15) is 0 Å². The van der Waals surface area contributed by atoms with Gasteiger partial charge in [0.1, 0.15) is 0 Å². The van der Waals surface area contributed by atoms with Crippen LogP contribution < -0.4 is 21.3 Å². The van der Waals surface area contributed by atoms with Crippen molar-refractivity contribution in [1.82, 2.24) is 9.13 Å². The summed E-state index contributed by atoms with van der Waals surface area (Å²) in [7, 11) is 0. The van der Waals surface area contributed by atoms with Gasteiger partial charge in [-0.05, 0) is 124 Å². The van der Waals surface area contributed by atoms with Crippen LogP contribution in [0.15, 0.2) is 259 Å². The summed E-state index contributed by atoms with van der Waals surface area (Å²) in [6.07, 6.45) is 3.24. The van der Waals surface area contributed by atoms with Crippen LogP contribution in [-0.2, 0) is 6.42 Å². The maximum atomic E-state index is 2.69. The Labute approximate surface area is 442 Å². The maximum absolute atomic E-state index is 2.69. The van der Waals surface area contributed by atoms with Crippen molar-refractivity contribution in [1.29, 1.82) is 0 Å². The molecule has 4 heterocycles. The van der Waals surface area contributed by atoms with Gasteiger partial charge >= 0.3 is 0 Å². The fourth-order valence-corrected chi connectivity index (χ4v) is 13.8. The van der Waals surface area contributed by atoms with Gasteiger partial charge in [0.25, 0.3) is 0 Å². The van der Waals surface area contributed by atoms with Gasteiger partial charge in [0, 0.05) is 65.2 Å². The van der Waals surface area contributed by atoms with Crippen molar-refractivity contribution < 1.29 is 0 Å². The number of aromatic nitrogens is 2. The van der Waals surface area contributed by atoms with Crippen LogP contribution in [0.25, 0.3) is 88.4 Å². The van der Waals surface area contributed by atoms with Crippen LogP contribution in [0, 0.1) is 0 Å². The first-order chi connectivity index (χ1) is 37.2. The Morgan fingerprint density at radius 1 is 0.387 bits per heavy atom. The lowest BCUT2D eigenvalue weighted by atomic mass is 9.34. The molecule has 13 aromatic rings. The van der Waals surface area contributed by atoms with E-state index < -0.39 is 0 Å². The minimum absolute atomic E-state index is 0.0129. The Balaban J connectivity index is 1.05. The van der Waals surface area contributed by atoms with Gasteiger partial charge in [-0.25, -0.2) is 0 Å². The molecule has 0 aliphatic carbocycles. The highest BCUT2D eigenvalue weighted by atomic mass is 32.2. The third kappa shape index (κ3) is 6.99. The average molecular weight is 976 g/mol. The van der Waals surface area contributed by atoms with E-state index in [1.165, 1.54) is 131 Å². The SMILES string of the molecule is CCCCc1cc2c3c(c1)N(c1c(-c4ccccc4)cc(-c4ccccc4)cc1-c1ccccc1)c1cc(-n4c5ccccc5c5ccccc54)ccc1B3c1ccc(-n3c4ccccc4c4ccccc43)cc1S2.